The Hall–Kier alpha value is -3.94. The summed E-state index contributed by atoms with van der Waals surface area (Å²) in [6.45, 7) is 4.81. The highest BCUT2D eigenvalue weighted by Crippen LogP contribution is 2.30. The van der Waals surface area contributed by atoms with E-state index in [1.54, 1.807) is 29.2 Å². The number of benzene rings is 1. The van der Waals surface area contributed by atoms with E-state index < -0.39 is 12.1 Å². The fourth-order valence-corrected chi connectivity index (χ4v) is 3.97. The maximum atomic E-state index is 13.2. The first-order valence-corrected chi connectivity index (χ1v) is 10.1. The van der Waals surface area contributed by atoms with Crippen LogP contribution < -0.4 is 4.90 Å². The molecule has 2 aromatic heterocycles. The number of pyridine rings is 1. The summed E-state index contributed by atoms with van der Waals surface area (Å²) in [7, 11) is 0. The molecule has 1 saturated heterocycles. The van der Waals surface area contributed by atoms with E-state index >= 15 is 0 Å². The highest BCUT2D eigenvalue weighted by molar-refractivity contribution is 5.95. The number of halogens is 3. The van der Waals surface area contributed by atoms with E-state index in [0.717, 1.165) is 5.82 Å². The van der Waals surface area contributed by atoms with Crippen molar-refractivity contribution in [3.05, 3.63) is 59.6 Å². The third-order valence-electron chi connectivity index (χ3n) is 5.38. The van der Waals surface area contributed by atoms with Crippen molar-refractivity contribution in [2.75, 3.05) is 18.0 Å². The normalized spacial score (nSPS) is 18.8. The predicted octanol–water partition coefficient (Wildman–Crippen LogP) is 3.76. The Morgan fingerprint density at radius 3 is 2.48 bits per heavy atom. The molecule has 0 N–H and O–H groups in total. The number of carbonyl (C=O) groups is 1. The number of nitriles is 1. The number of rotatable bonds is 3. The zero-order valence-electron chi connectivity index (χ0n) is 17.7. The maximum Gasteiger partial charge on any atom is 0.471 e. The Labute approximate surface area is 187 Å². The molecule has 1 aliphatic heterocycles. The molecule has 1 amide bonds. The monoisotopic (exact) mass is 456 g/mol. The minimum atomic E-state index is -4.74. The molecule has 3 heterocycles. The van der Waals surface area contributed by atoms with E-state index in [0.29, 0.717) is 24.2 Å². The number of amides is 1. The van der Waals surface area contributed by atoms with Crippen molar-refractivity contribution in [1.29, 1.82) is 5.26 Å². The number of piperazine rings is 1. The number of hydrogen-bond donors (Lipinski definition) is 0. The first kappa shape index (κ1) is 22.3. The molecule has 4 rings (SSSR count). The summed E-state index contributed by atoms with van der Waals surface area (Å²) in [5, 5.41) is 12.3. The van der Waals surface area contributed by atoms with Crippen LogP contribution in [0.1, 0.15) is 35.7 Å². The van der Waals surface area contributed by atoms with E-state index in [2.05, 4.69) is 24.5 Å². The highest BCUT2D eigenvalue weighted by Gasteiger charge is 2.38. The van der Waals surface area contributed by atoms with E-state index in [4.69, 9.17) is 5.26 Å². The molecule has 2 unspecified atom stereocenters. The van der Waals surface area contributed by atoms with Gasteiger partial charge in [0.1, 0.15) is 11.9 Å². The largest absolute Gasteiger partial charge is 0.471 e. The molecular formula is C22H19F3N6O2. The third-order valence-corrected chi connectivity index (χ3v) is 5.38. The summed E-state index contributed by atoms with van der Waals surface area (Å²) >= 11 is 0. The van der Waals surface area contributed by atoms with Crippen LogP contribution >= 0.6 is 0 Å². The summed E-state index contributed by atoms with van der Waals surface area (Å²) in [6, 6.07) is 11.6. The minimum Gasteiger partial charge on any atom is -0.348 e. The van der Waals surface area contributed by atoms with Crippen LogP contribution in [0.4, 0.5) is 19.0 Å². The van der Waals surface area contributed by atoms with Crippen LogP contribution in [0.3, 0.4) is 0 Å². The maximum absolute atomic E-state index is 13.2. The van der Waals surface area contributed by atoms with Gasteiger partial charge < -0.3 is 14.3 Å². The fraction of sp³-hybridized carbons (Fsp3) is 0.318. The molecule has 0 bridgehead atoms. The van der Waals surface area contributed by atoms with Gasteiger partial charge in [-0.05, 0) is 38.1 Å². The second kappa shape index (κ2) is 8.54. The van der Waals surface area contributed by atoms with Gasteiger partial charge in [0.15, 0.2) is 0 Å². The molecule has 3 aromatic rings. The molecule has 0 saturated carbocycles. The number of alkyl halides is 3. The van der Waals surface area contributed by atoms with Crippen molar-refractivity contribution in [3.8, 4) is 17.5 Å². The molecule has 0 spiro atoms. The van der Waals surface area contributed by atoms with Crippen molar-refractivity contribution in [1.82, 2.24) is 20.0 Å². The summed E-state index contributed by atoms with van der Waals surface area (Å²) in [4.78, 5) is 24.7. The molecular weight excluding hydrogens is 437 g/mol. The van der Waals surface area contributed by atoms with Crippen molar-refractivity contribution >= 4 is 11.7 Å². The van der Waals surface area contributed by atoms with Crippen LogP contribution in [0.5, 0.6) is 0 Å². The second-order valence-electron chi connectivity index (χ2n) is 7.83. The van der Waals surface area contributed by atoms with Gasteiger partial charge in [-0.3, -0.25) is 4.79 Å². The van der Waals surface area contributed by atoms with E-state index in [-0.39, 0.29) is 29.4 Å². The Morgan fingerprint density at radius 2 is 1.91 bits per heavy atom. The highest BCUT2D eigenvalue weighted by atomic mass is 19.4. The standard InChI is InChI=1S/C22H19F3N6O2/c1-13-11-30(12-14(2)31(13)18-7-6-15(9-26)10-27-18)20(32)17-5-3-4-16(8-17)19-28-21(33-29-19)22(23,24)25/h3-8,10,13-14H,11-12H2,1-2H3. The van der Waals surface area contributed by atoms with Gasteiger partial charge in [-0.15, -0.1) is 0 Å². The fourth-order valence-electron chi connectivity index (χ4n) is 3.97. The van der Waals surface area contributed by atoms with Crippen LogP contribution in [0.15, 0.2) is 47.1 Å². The molecule has 33 heavy (non-hydrogen) atoms. The van der Waals surface area contributed by atoms with Crippen LogP contribution in [0.2, 0.25) is 0 Å². The topological polar surface area (TPSA) is 99.2 Å². The average molecular weight is 456 g/mol. The van der Waals surface area contributed by atoms with Crippen LogP contribution in [-0.4, -0.2) is 51.1 Å². The Balaban J connectivity index is 1.51. The second-order valence-corrected chi connectivity index (χ2v) is 7.83. The molecule has 170 valence electrons. The SMILES string of the molecule is CC1CN(C(=O)c2cccc(-c3noc(C(F)(F)F)n3)c2)CC(C)N1c1ccc(C#N)cn1. The minimum absolute atomic E-state index is 0.0483. The van der Waals surface area contributed by atoms with Gasteiger partial charge >= 0.3 is 12.1 Å². The van der Waals surface area contributed by atoms with Crippen molar-refractivity contribution in [3.63, 3.8) is 0 Å². The van der Waals surface area contributed by atoms with E-state index in [1.807, 2.05) is 19.9 Å². The van der Waals surface area contributed by atoms with Gasteiger partial charge in [0.25, 0.3) is 5.91 Å². The lowest BCUT2D eigenvalue weighted by Gasteiger charge is -2.45. The van der Waals surface area contributed by atoms with E-state index in [9.17, 15) is 18.0 Å². The Kier molecular flexibility index (Phi) is 5.76. The van der Waals surface area contributed by atoms with Crippen molar-refractivity contribution in [2.45, 2.75) is 32.1 Å². The Morgan fingerprint density at radius 1 is 1.18 bits per heavy atom. The van der Waals surface area contributed by atoms with Crippen LogP contribution in [0, 0.1) is 11.3 Å². The summed E-state index contributed by atoms with van der Waals surface area (Å²) < 4.78 is 42.5. The average Bonchev–Trinajstić information content (AvgIpc) is 3.30. The van der Waals surface area contributed by atoms with Gasteiger partial charge in [-0.1, -0.05) is 17.3 Å². The first-order valence-electron chi connectivity index (χ1n) is 10.1. The number of aromatic nitrogens is 3. The number of carbonyl (C=O) groups excluding carboxylic acids is 1. The van der Waals surface area contributed by atoms with Gasteiger partial charge in [0.05, 0.1) is 5.56 Å². The zero-order valence-corrected chi connectivity index (χ0v) is 17.7. The smallest absolute Gasteiger partial charge is 0.348 e. The quantitative estimate of drug-likeness (QED) is 0.592. The van der Waals surface area contributed by atoms with Gasteiger partial charge in [-0.2, -0.15) is 23.4 Å². The summed E-state index contributed by atoms with van der Waals surface area (Å²) in [5.74, 6) is -1.21. The molecule has 8 nitrogen and oxygen atoms in total. The van der Waals surface area contributed by atoms with Crippen molar-refractivity contribution in [2.24, 2.45) is 0 Å². The number of nitrogens with zero attached hydrogens (tertiary/aromatic N) is 6. The van der Waals surface area contributed by atoms with Gasteiger partial charge in [-0.25, -0.2) is 4.98 Å². The van der Waals surface area contributed by atoms with E-state index in [1.165, 1.54) is 18.3 Å². The van der Waals surface area contributed by atoms with Crippen LogP contribution in [0.25, 0.3) is 11.4 Å². The molecule has 0 aliphatic carbocycles. The lowest BCUT2D eigenvalue weighted by Crippen LogP contribution is -2.58. The lowest BCUT2D eigenvalue weighted by molar-refractivity contribution is -0.159. The summed E-state index contributed by atoms with van der Waals surface area (Å²) in [6.07, 6.45) is -3.23. The molecule has 1 aliphatic rings. The molecule has 11 heteroatoms. The lowest BCUT2D eigenvalue weighted by atomic mass is 10.0. The van der Waals surface area contributed by atoms with Gasteiger partial charge in [0.2, 0.25) is 5.82 Å². The summed E-state index contributed by atoms with van der Waals surface area (Å²) in [5.41, 5.74) is 1.04. The van der Waals surface area contributed by atoms with Crippen molar-refractivity contribution < 1.29 is 22.5 Å². The number of anilines is 1. The number of hydrogen-bond acceptors (Lipinski definition) is 7. The predicted molar refractivity (Wildman–Crippen MR) is 111 cm³/mol. The molecule has 1 aromatic carbocycles. The zero-order chi connectivity index (χ0) is 23.8. The third kappa shape index (κ3) is 4.50. The van der Waals surface area contributed by atoms with Crippen LogP contribution in [-0.2, 0) is 6.18 Å². The molecule has 0 radical (unpaired) electrons. The Bertz CT molecular complexity index is 1190. The molecule has 2 atom stereocenters. The molecule has 1 fully saturated rings. The van der Waals surface area contributed by atoms with Gasteiger partial charge in [0, 0.05) is 42.5 Å². The first-order chi connectivity index (χ1) is 15.7.